The topological polar surface area (TPSA) is 108 Å². The van der Waals surface area contributed by atoms with Gasteiger partial charge in [0.05, 0.1) is 20.7 Å². The van der Waals surface area contributed by atoms with E-state index in [2.05, 4.69) is 37.3 Å². The van der Waals surface area contributed by atoms with Crippen molar-refractivity contribution in [3.05, 3.63) is 0 Å². The Balaban J connectivity index is 0.00000518. The average molecular weight is 856 g/mol. The Labute approximate surface area is 368 Å². The highest BCUT2D eigenvalue weighted by Crippen LogP contribution is 2.22. The van der Waals surface area contributed by atoms with Crippen molar-refractivity contribution in [2.75, 3.05) is 27.2 Å². The zero-order valence-corrected chi connectivity index (χ0v) is 40.9. The number of carbonyl (C=O) groups excluding carboxylic acids is 1. The second kappa shape index (κ2) is 42.3. The molecule has 1 aliphatic heterocycles. The number of amidine groups is 1. The molecule has 0 spiro atoms. The number of hydrogen-bond donors (Lipinski definition) is 1. The summed E-state index contributed by atoms with van der Waals surface area (Å²) in [5.74, 6) is 1.55. The van der Waals surface area contributed by atoms with Crippen molar-refractivity contribution in [2.24, 2.45) is 4.99 Å². The quantitative estimate of drug-likeness (QED) is 0.0284. The van der Waals surface area contributed by atoms with E-state index < -0.39 is 10.4 Å². The molecule has 0 aromatic heterocycles. The fourth-order valence-electron chi connectivity index (χ4n) is 8.60. The minimum atomic E-state index is -4.41. The van der Waals surface area contributed by atoms with Crippen LogP contribution in [0.5, 0.6) is 0 Å². The van der Waals surface area contributed by atoms with E-state index in [1.807, 2.05) is 0 Å². The van der Waals surface area contributed by atoms with Gasteiger partial charge in [0, 0.05) is 19.8 Å². The van der Waals surface area contributed by atoms with E-state index in [-0.39, 0.29) is 12.1 Å². The molecule has 352 valence electrons. The summed E-state index contributed by atoms with van der Waals surface area (Å²) in [5.41, 5.74) is 0. The maximum absolute atomic E-state index is 12.8. The molecule has 1 heterocycles. The van der Waals surface area contributed by atoms with Crippen LogP contribution in [0.15, 0.2) is 4.99 Å². The van der Waals surface area contributed by atoms with E-state index in [9.17, 15) is 17.8 Å². The van der Waals surface area contributed by atoms with Crippen molar-refractivity contribution < 1.29 is 26.4 Å². The Morgan fingerprint density at radius 3 is 1.14 bits per heavy atom. The lowest BCUT2D eigenvalue weighted by atomic mass is 10.0. The van der Waals surface area contributed by atoms with Gasteiger partial charge < -0.3 is 9.87 Å². The van der Waals surface area contributed by atoms with E-state index in [1.165, 1.54) is 243 Å². The van der Waals surface area contributed by atoms with E-state index in [1.54, 1.807) is 0 Å². The summed E-state index contributed by atoms with van der Waals surface area (Å²) in [4.78, 5) is 17.7. The van der Waals surface area contributed by atoms with Crippen LogP contribution in [0, 0.1) is 0 Å². The first-order chi connectivity index (χ1) is 28.6. The van der Waals surface area contributed by atoms with Gasteiger partial charge in [-0.3, -0.25) is 13.5 Å². The van der Waals surface area contributed by atoms with Gasteiger partial charge in [0.25, 0.3) is 0 Å². The SMILES string of the molecule is CCCCCCCCCCCCCCCCCCCCCC(=O)NC(C)[N+]1(C)CCN=C1CCCCCCCCCCCCCCCCCCCCC.COS(=O)(=O)[O-]. The lowest BCUT2D eigenvalue weighted by Crippen LogP contribution is -2.60. The predicted molar refractivity (Wildman–Crippen MR) is 254 cm³/mol. The van der Waals surface area contributed by atoms with Crippen LogP contribution in [0.3, 0.4) is 0 Å². The van der Waals surface area contributed by atoms with E-state index >= 15 is 0 Å². The molecule has 0 saturated carbocycles. The van der Waals surface area contributed by atoms with Crippen LogP contribution < -0.4 is 5.32 Å². The summed E-state index contributed by atoms with van der Waals surface area (Å²) >= 11 is 0. The summed E-state index contributed by atoms with van der Waals surface area (Å²) in [6, 6.07) is 0. The number of hydrogen-bond acceptors (Lipinski definition) is 6. The molecule has 9 heteroatoms. The molecular formula is C50H101N3O5S. The average Bonchev–Trinajstić information content (AvgIpc) is 3.60. The zero-order chi connectivity index (χ0) is 43.6. The Bertz CT molecular complexity index is 1060. The number of aliphatic imine (C=N–C) groups is 1. The standard InChI is InChI=1S/C49H97N3O.CH4O4S/c1-5-7-9-11-13-15-17-19-21-23-25-27-29-31-33-35-37-39-41-43-48-50-45-46-52(48,4)47(3)51-49(53)44-42-40-38-36-34-32-30-28-26-24-22-20-18-16-14-12-10-8-6-2;1-5-6(2,3)4/h47H,5-46H2,1-4H3;1H3,(H,2,3,4). The van der Waals surface area contributed by atoms with Crippen LogP contribution in [0.2, 0.25) is 0 Å². The number of likely N-dealkylation sites (N-methyl/N-ethyl adjacent to an activating group) is 1. The number of rotatable bonds is 43. The number of nitrogens with zero attached hydrogens (tertiary/aromatic N) is 2. The zero-order valence-electron chi connectivity index (χ0n) is 40.1. The number of quaternary nitrogens is 1. The molecule has 8 nitrogen and oxygen atoms in total. The van der Waals surface area contributed by atoms with Gasteiger partial charge in [-0.1, -0.05) is 245 Å². The molecule has 0 saturated heterocycles. The fourth-order valence-corrected chi connectivity index (χ4v) is 8.60. The third-order valence-corrected chi connectivity index (χ3v) is 13.3. The van der Waals surface area contributed by atoms with Gasteiger partial charge in [-0.05, 0) is 12.8 Å². The maximum atomic E-state index is 12.8. The van der Waals surface area contributed by atoms with Crippen LogP contribution in [0.4, 0.5) is 0 Å². The summed E-state index contributed by atoms with van der Waals surface area (Å²) in [5, 5.41) is 3.37. The summed E-state index contributed by atoms with van der Waals surface area (Å²) in [7, 11) is -1.31. The Hall–Kier alpha value is -1.03. The van der Waals surface area contributed by atoms with Gasteiger partial charge in [0.15, 0.2) is 12.0 Å². The first-order valence-electron chi connectivity index (χ1n) is 25.8. The van der Waals surface area contributed by atoms with Crippen LogP contribution in [-0.4, -0.2) is 62.6 Å². The molecule has 1 rings (SSSR count). The van der Waals surface area contributed by atoms with Crippen LogP contribution in [0.1, 0.15) is 278 Å². The highest BCUT2D eigenvalue weighted by molar-refractivity contribution is 7.80. The van der Waals surface area contributed by atoms with Crippen molar-refractivity contribution in [3.8, 4) is 0 Å². The number of unbranched alkanes of at least 4 members (excludes halogenated alkanes) is 36. The summed E-state index contributed by atoms with van der Waals surface area (Å²) in [6.07, 6.45) is 55.2. The molecule has 0 aromatic carbocycles. The normalized spacial score (nSPS) is 15.9. The molecule has 1 aliphatic rings. The monoisotopic (exact) mass is 856 g/mol. The van der Waals surface area contributed by atoms with Crippen molar-refractivity contribution >= 4 is 22.1 Å². The van der Waals surface area contributed by atoms with Gasteiger partial charge in [-0.25, -0.2) is 13.4 Å². The van der Waals surface area contributed by atoms with Gasteiger partial charge in [0.2, 0.25) is 16.3 Å². The lowest BCUT2D eigenvalue weighted by Gasteiger charge is -2.36. The van der Waals surface area contributed by atoms with Crippen molar-refractivity contribution in [3.63, 3.8) is 0 Å². The van der Waals surface area contributed by atoms with Gasteiger partial charge in [-0.15, -0.1) is 0 Å². The van der Waals surface area contributed by atoms with Crippen molar-refractivity contribution in [1.82, 2.24) is 5.32 Å². The van der Waals surface area contributed by atoms with E-state index in [0.29, 0.717) is 6.42 Å². The highest BCUT2D eigenvalue weighted by Gasteiger charge is 2.39. The van der Waals surface area contributed by atoms with Gasteiger partial charge >= 0.3 is 0 Å². The summed E-state index contributed by atoms with van der Waals surface area (Å²) < 4.78 is 31.8. The molecule has 1 N–H and O–H groups in total. The minimum absolute atomic E-state index is 0.115. The molecule has 2 atom stereocenters. The van der Waals surface area contributed by atoms with E-state index in [4.69, 9.17) is 4.99 Å². The molecule has 0 aliphatic carbocycles. The molecule has 0 radical (unpaired) electrons. The molecule has 2 unspecified atom stereocenters. The van der Waals surface area contributed by atoms with Crippen LogP contribution >= 0.6 is 0 Å². The Morgan fingerprint density at radius 1 is 0.576 bits per heavy atom. The maximum Gasteiger partial charge on any atom is 0.224 e. The number of carbonyl (C=O) groups is 1. The third kappa shape index (κ3) is 38.4. The first-order valence-corrected chi connectivity index (χ1v) is 27.1. The molecule has 0 aromatic rings. The van der Waals surface area contributed by atoms with Crippen LogP contribution in [-0.2, 0) is 19.4 Å². The van der Waals surface area contributed by atoms with Gasteiger partial charge in [0.1, 0.15) is 6.54 Å². The lowest BCUT2D eigenvalue weighted by molar-refractivity contribution is -0.843. The molecule has 59 heavy (non-hydrogen) atoms. The first kappa shape index (κ1) is 58.0. The van der Waals surface area contributed by atoms with E-state index in [0.717, 1.165) is 37.5 Å². The second-order valence-electron chi connectivity index (χ2n) is 18.3. The number of nitrogens with one attached hydrogen (secondary N) is 1. The van der Waals surface area contributed by atoms with Crippen LogP contribution in [0.25, 0.3) is 0 Å². The second-order valence-corrected chi connectivity index (χ2v) is 19.5. The molecule has 1 amide bonds. The predicted octanol–water partition coefficient (Wildman–Crippen LogP) is 15.0. The minimum Gasteiger partial charge on any atom is -0.726 e. The third-order valence-electron chi connectivity index (χ3n) is 12.9. The Morgan fingerprint density at radius 2 is 0.847 bits per heavy atom. The van der Waals surface area contributed by atoms with Gasteiger partial charge in [-0.2, -0.15) is 0 Å². The summed E-state index contributed by atoms with van der Waals surface area (Å²) in [6.45, 7) is 8.73. The highest BCUT2D eigenvalue weighted by atomic mass is 32.3. The van der Waals surface area contributed by atoms with Crippen molar-refractivity contribution in [2.45, 2.75) is 284 Å². The fraction of sp³-hybridized carbons (Fsp3) is 0.960. The number of amides is 1. The molecular weight excluding hydrogens is 755 g/mol. The van der Waals surface area contributed by atoms with Crippen molar-refractivity contribution in [1.29, 1.82) is 0 Å². The smallest absolute Gasteiger partial charge is 0.224 e. The largest absolute Gasteiger partial charge is 0.726 e. The Kier molecular flexibility index (Phi) is 41.5. The molecule has 0 bridgehead atoms. The molecule has 0 fully saturated rings.